The van der Waals surface area contributed by atoms with E-state index in [0.717, 1.165) is 48.2 Å². The summed E-state index contributed by atoms with van der Waals surface area (Å²) in [7, 11) is 0. The number of H-pyrrole nitrogens is 2. The fraction of sp³-hybridized carbons (Fsp3) is 0.333. The molecule has 2 aromatic heterocycles. The van der Waals surface area contributed by atoms with Crippen LogP contribution in [0.15, 0.2) is 48.7 Å². The number of amides is 2. The van der Waals surface area contributed by atoms with Crippen molar-refractivity contribution in [2.45, 2.75) is 0 Å². The molecule has 1 aliphatic carbocycles. The van der Waals surface area contributed by atoms with Crippen LogP contribution in [0.25, 0.3) is 21.9 Å². The van der Waals surface area contributed by atoms with Gasteiger partial charge in [-0.1, -0.05) is 6.07 Å². The zero-order valence-corrected chi connectivity index (χ0v) is 17.4. The van der Waals surface area contributed by atoms with Crippen molar-refractivity contribution >= 4 is 33.8 Å². The molecule has 3 aliphatic rings. The summed E-state index contributed by atoms with van der Waals surface area (Å²) in [6.07, 6.45) is 1.90. The fourth-order valence-electron chi connectivity index (χ4n) is 6.23. The van der Waals surface area contributed by atoms with Crippen LogP contribution in [0.2, 0.25) is 0 Å². The van der Waals surface area contributed by atoms with Crippen molar-refractivity contribution in [2.24, 2.45) is 23.7 Å². The van der Waals surface area contributed by atoms with Gasteiger partial charge in [0.25, 0.3) is 11.8 Å². The Morgan fingerprint density at radius 1 is 0.750 bits per heavy atom. The number of carbonyl (C=O) groups excluding carboxylic acids is 2. The van der Waals surface area contributed by atoms with Crippen LogP contribution in [-0.4, -0.2) is 68.2 Å². The molecule has 160 valence electrons. The number of fused-ring (bicyclic) bond motifs is 6. The van der Waals surface area contributed by atoms with Crippen molar-refractivity contribution in [1.29, 1.82) is 0 Å². The summed E-state index contributed by atoms with van der Waals surface area (Å²) < 4.78 is 0. The minimum atomic E-state index is 0.0644. The molecule has 0 bridgehead atoms. The molecule has 1 saturated carbocycles. The quantitative estimate of drug-likeness (QED) is 0.515. The summed E-state index contributed by atoms with van der Waals surface area (Å²) in [6, 6.07) is 13.4. The van der Waals surface area contributed by atoms with Crippen LogP contribution >= 0.6 is 0 Å². The summed E-state index contributed by atoms with van der Waals surface area (Å²) in [5.41, 5.74) is 3.87. The van der Waals surface area contributed by atoms with Gasteiger partial charge < -0.3 is 14.8 Å². The Bertz CT molecular complexity index is 1260. The Kier molecular flexibility index (Phi) is 3.60. The van der Waals surface area contributed by atoms with E-state index in [9.17, 15) is 9.59 Å². The molecule has 0 radical (unpaired) electrons. The molecule has 7 rings (SSSR count). The molecule has 3 fully saturated rings. The van der Waals surface area contributed by atoms with Crippen molar-refractivity contribution in [2.75, 3.05) is 26.2 Å². The van der Waals surface area contributed by atoms with Gasteiger partial charge in [-0.15, -0.1) is 0 Å². The Hall–Kier alpha value is -3.68. The predicted octanol–water partition coefficient (Wildman–Crippen LogP) is 2.53. The first-order valence-electron chi connectivity index (χ1n) is 11.1. The van der Waals surface area contributed by atoms with Crippen LogP contribution in [0.3, 0.4) is 0 Å². The third-order valence-electron chi connectivity index (χ3n) is 7.86. The SMILES string of the molecule is O=C(c1ccc2cc[nH]c2c1)N1CC2C(C1)[C@@H]1CN(C(=O)c3ccc4n[nH]nc4c3)C[C@H]21. The van der Waals surface area contributed by atoms with Gasteiger partial charge in [-0.25, -0.2) is 0 Å². The Labute approximate surface area is 183 Å². The molecule has 2 amide bonds. The van der Waals surface area contributed by atoms with Gasteiger partial charge in [0.1, 0.15) is 11.0 Å². The van der Waals surface area contributed by atoms with E-state index in [4.69, 9.17) is 0 Å². The molecule has 0 spiro atoms. The maximum atomic E-state index is 13.1. The molecule has 2 saturated heterocycles. The monoisotopic (exact) mass is 426 g/mol. The first-order valence-corrected chi connectivity index (χ1v) is 11.1. The van der Waals surface area contributed by atoms with Gasteiger partial charge in [0.2, 0.25) is 0 Å². The van der Waals surface area contributed by atoms with Gasteiger partial charge >= 0.3 is 0 Å². The second-order valence-corrected chi connectivity index (χ2v) is 9.38. The predicted molar refractivity (Wildman–Crippen MR) is 118 cm³/mol. The normalized spacial score (nSPS) is 26.4. The number of aromatic nitrogens is 4. The lowest BCUT2D eigenvalue weighted by molar-refractivity contribution is 0.0629. The number of nitrogens with one attached hydrogen (secondary N) is 2. The van der Waals surface area contributed by atoms with E-state index >= 15 is 0 Å². The topological polar surface area (TPSA) is 98.0 Å². The van der Waals surface area contributed by atoms with Crippen LogP contribution in [0.1, 0.15) is 20.7 Å². The highest BCUT2D eigenvalue weighted by atomic mass is 16.2. The van der Waals surface area contributed by atoms with E-state index < -0.39 is 0 Å². The molecule has 8 heteroatoms. The van der Waals surface area contributed by atoms with E-state index in [1.165, 1.54) is 0 Å². The minimum Gasteiger partial charge on any atom is -0.361 e. The van der Waals surface area contributed by atoms with Crippen LogP contribution in [0.4, 0.5) is 0 Å². The second kappa shape index (κ2) is 6.41. The smallest absolute Gasteiger partial charge is 0.253 e. The summed E-state index contributed by atoms with van der Waals surface area (Å²) in [4.78, 5) is 33.4. The van der Waals surface area contributed by atoms with E-state index in [-0.39, 0.29) is 11.8 Å². The highest BCUT2D eigenvalue weighted by Gasteiger charge is 2.59. The van der Waals surface area contributed by atoms with Crippen molar-refractivity contribution in [3.05, 3.63) is 59.8 Å². The van der Waals surface area contributed by atoms with Gasteiger partial charge in [0.15, 0.2) is 0 Å². The average Bonchev–Trinajstić information content (AvgIpc) is 3.59. The van der Waals surface area contributed by atoms with Crippen LogP contribution in [0.5, 0.6) is 0 Å². The number of nitrogens with zero attached hydrogens (tertiary/aromatic N) is 4. The Balaban J connectivity index is 1.05. The number of likely N-dealkylation sites (tertiary alicyclic amines) is 2. The van der Waals surface area contributed by atoms with Gasteiger partial charge in [0.05, 0.1) is 0 Å². The molecule has 4 aromatic rings. The Morgan fingerprint density at radius 2 is 1.34 bits per heavy atom. The lowest BCUT2D eigenvalue weighted by Crippen LogP contribution is -2.44. The maximum absolute atomic E-state index is 13.1. The van der Waals surface area contributed by atoms with Crippen molar-refractivity contribution in [3.8, 4) is 0 Å². The van der Waals surface area contributed by atoms with Crippen molar-refractivity contribution in [1.82, 2.24) is 30.2 Å². The minimum absolute atomic E-state index is 0.0644. The van der Waals surface area contributed by atoms with Crippen LogP contribution in [0, 0.1) is 23.7 Å². The van der Waals surface area contributed by atoms with E-state index in [2.05, 4.69) is 20.4 Å². The zero-order chi connectivity index (χ0) is 21.4. The van der Waals surface area contributed by atoms with Crippen LogP contribution < -0.4 is 0 Å². The maximum Gasteiger partial charge on any atom is 0.253 e. The molecule has 4 atom stereocenters. The molecule has 4 heterocycles. The molecule has 2 N–H and O–H groups in total. The fourth-order valence-corrected chi connectivity index (χ4v) is 6.23. The third-order valence-corrected chi connectivity index (χ3v) is 7.86. The number of benzene rings is 2. The zero-order valence-electron chi connectivity index (χ0n) is 17.4. The molecular weight excluding hydrogens is 404 g/mol. The molecule has 32 heavy (non-hydrogen) atoms. The highest BCUT2D eigenvalue weighted by Crippen LogP contribution is 2.54. The van der Waals surface area contributed by atoms with Crippen molar-refractivity contribution < 1.29 is 9.59 Å². The summed E-state index contributed by atoms with van der Waals surface area (Å²) in [5.74, 6) is 2.15. The molecule has 2 aromatic carbocycles. The molecule has 2 unspecified atom stereocenters. The largest absolute Gasteiger partial charge is 0.361 e. The number of hydrogen-bond acceptors (Lipinski definition) is 4. The highest BCUT2D eigenvalue weighted by molar-refractivity contribution is 5.98. The average molecular weight is 426 g/mol. The van der Waals surface area contributed by atoms with E-state index in [0.29, 0.717) is 34.8 Å². The number of rotatable bonds is 2. The van der Waals surface area contributed by atoms with Gasteiger partial charge in [-0.2, -0.15) is 15.4 Å². The van der Waals surface area contributed by atoms with Gasteiger partial charge in [-0.05, 0) is 65.5 Å². The number of carbonyl (C=O) groups is 2. The van der Waals surface area contributed by atoms with Gasteiger partial charge in [0, 0.05) is 49.0 Å². The summed E-state index contributed by atoms with van der Waals surface area (Å²) in [5, 5.41) is 11.9. The molecule has 2 aliphatic heterocycles. The Morgan fingerprint density at radius 3 is 2.03 bits per heavy atom. The van der Waals surface area contributed by atoms with Crippen molar-refractivity contribution in [3.63, 3.8) is 0 Å². The second-order valence-electron chi connectivity index (χ2n) is 9.38. The first kappa shape index (κ1) is 17.9. The van der Waals surface area contributed by atoms with Crippen LogP contribution in [-0.2, 0) is 0 Å². The number of aromatic amines is 2. The van der Waals surface area contributed by atoms with Gasteiger partial charge in [-0.3, -0.25) is 9.59 Å². The molecular formula is C24H22N6O2. The van der Waals surface area contributed by atoms with E-state index in [1.54, 1.807) is 0 Å². The third kappa shape index (κ3) is 2.49. The summed E-state index contributed by atoms with van der Waals surface area (Å²) >= 11 is 0. The number of hydrogen-bond donors (Lipinski definition) is 2. The lowest BCUT2D eigenvalue weighted by atomic mass is 9.60. The van der Waals surface area contributed by atoms with E-state index in [1.807, 2.05) is 58.5 Å². The first-order chi connectivity index (χ1) is 15.7. The summed E-state index contributed by atoms with van der Waals surface area (Å²) in [6.45, 7) is 3.14. The standard InChI is InChI=1S/C24H22N6O2/c31-23(14-2-1-13-5-6-25-21(13)7-14)29-9-16-17(10-29)19-12-30(11-18(16)19)24(32)15-3-4-20-22(8-15)27-28-26-20/h1-8,16-19,25H,9-12H2,(H,26,27,28)/t16?,17?,18-,19+. The molecule has 8 nitrogen and oxygen atoms in total. The lowest BCUT2D eigenvalue weighted by Gasteiger charge is -2.42.